The molecule has 0 unspecified atom stereocenters. The zero-order chi connectivity index (χ0) is 93.4. The number of thiophene rings is 1. The van der Waals surface area contributed by atoms with Crippen LogP contribution in [0.2, 0.25) is 0 Å². The number of nitrogens with zero attached hydrogens (tertiary/aromatic N) is 3. The summed E-state index contributed by atoms with van der Waals surface area (Å²) in [5.41, 5.74) is 37.6. The van der Waals surface area contributed by atoms with Gasteiger partial charge in [-0.05, 0) is 245 Å². The molecule has 0 amide bonds. The Kier molecular flexibility index (Phi) is 20.8. The molecule has 25 aromatic rings. The van der Waals surface area contributed by atoms with Gasteiger partial charge in [0.2, 0.25) is 0 Å². The molecule has 664 valence electrons. The number of anilines is 9. The first kappa shape index (κ1) is 83.6. The van der Waals surface area contributed by atoms with E-state index < -0.39 is 16.2 Å². The van der Waals surface area contributed by atoms with Crippen LogP contribution in [-0.4, -0.2) is 0 Å². The number of rotatable bonds is 16. The Hall–Kier alpha value is -17.9. The van der Waals surface area contributed by atoms with Crippen molar-refractivity contribution >= 4 is 127 Å². The average Bonchev–Trinajstić information content (AvgIpc) is 1.55. The maximum absolute atomic E-state index is 6.86. The van der Waals surface area contributed by atoms with Gasteiger partial charge in [-0.1, -0.05) is 406 Å². The maximum Gasteiger partial charge on any atom is 0.137 e. The van der Waals surface area contributed by atoms with Crippen molar-refractivity contribution in [3.63, 3.8) is 0 Å². The third-order valence-electron chi connectivity index (χ3n) is 29.2. The standard InChI is InChI=1S/C49H33NO.C43H29NO.C43H29NS/c1-4-17-34(18-5-1)38-23-12-15-28-44(38)50(37-21-8-3-9-22-37)45-29-16-30-46-48(45)41-32-31-36(33-47(41)51-46)49(35-19-6-2-7-20-35)42-26-13-10-24-39(42)40-25-11-14-27-43(40)49;1-4-14-30(15-5-1)43(39-22-12-10-20-35(39)36-21-11-13-23-40(36)43)31-24-27-41-38(28-31)37-26-25-34(29-42(37)45-41)44(32-16-6-2-7-17-32)33-18-8-3-9-19-33;1-4-14-30(15-5-1)43(39-22-12-10-20-35(39)36-21-11-13-23-40(36)43)31-24-26-41-37(28-31)38-29-34(25-27-42(38)45-41)44(32-16-6-2-7-17-32)33-18-8-3-9-19-33/h1-33H;2*1-29H. The number of furan rings is 2. The summed E-state index contributed by atoms with van der Waals surface area (Å²) >= 11 is 1.87. The Morgan fingerprint density at radius 1 is 0.163 bits per heavy atom. The van der Waals surface area contributed by atoms with E-state index in [9.17, 15) is 0 Å². The van der Waals surface area contributed by atoms with Gasteiger partial charge in [0.15, 0.2) is 0 Å². The highest BCUT2D eigenvalue weighted by molar-refractivity contribution is 7.25. The van der Waals surface area contributed by atoms with E-state index >= 15 is 0 Å². The third-order valence-corrected chi connectivity index (χ3v) is 30.4. The normalized spacial score (nSPS) is 13.0. The summed E-state index contributed by atoms with van der Waals surface area (Å²) in [5, 5.41) is 7.00. The van der Waals surface area contributed by atoms with Crippen LogP contribution < -0.4 is 14.7 Å². The predicted octanol–water partition coefficient (Wildman–Crippen LogP) is 36.4. The first-order valence-corrected chi connectivity index (χ1v) is 49.2. The maximum atomic E-state index is 6.86. The molecule has 3 aliphatic carbocycles. The van der Waals surface area contributed by atoms with Crippen LogP contribution in [0.25, 0.3) is 109 Å². The van der Waals surface area contributed by atoms with Crippen LogP contribution in [0, 0.1) is 0 Å². The van der Waals surface area contributed by atoms with Crippen LogP contribution in [0.3, 0.4) is 0 Å². The first-order valence-electron chi connectivity index (χ1n) is 48.4. The van der Waals surface area contributed by atoms with Crippen molar-refractivity contribution in [2.24, 2.45) is 0 Å². The van der Waals surface area contributed by atoms with Gasteiger partial charge in [0.1, 0.15) is 22.3 Å². The van der Waals surface area contributed by atoms with Crippen molar-refractivity contribution in [3.05, 3.63) is 619 Å². The molecule has 0 N–H and O–H groups in total. The molecule has 0 bridgehead atoms. The lowest BCUT2D eigenvalue weighted by Gasteiger charge is -2.34. The van der Waals surface area contributed by atoms with Crippen LogP contribution in [0.5, 0.6) is 0 Å². The van der Waals surface area contributed by atoms with Gasteiger partial charge in [-0.15, -0.1) is 11.3 Å². The summed E-state index contributed by atoms with van der Waals surface area (Å²) in [6, 6.07) is 199. The smallest absolute Gasteiger partial charge is 0.137 e. The highest BCUT2D eigenvalue weighted by Crippen LogP contribution is 2.62. The zero-order valence-electron chi connectivity index (χ0n) is 77.1. The summed E-state index contributed by atoms with van der Waals surface area (Å²) in [7, 11) is 0. The summed E-state index contributed by atoms with van der Waals surface area (Å²) in [6.07, 6.45) is 0. The molecule has 3 aliphatic rings. The lowest BCUT2D eigenvalue weighted by Crippen LogP contribution is -2.28. The minimum Gasteiger partial charge on any atom is -0.456 e. The van der Waals surface area contributed by atoms with E-state index in [1.54, 1.807) is 0 Å². The SMILES string of the molecule is c1ccc(-c2ccccc2N(c2ccccc2)c2cccc3oc4cc(C5(c6ccccc6)c6ccccc6-c6ccccc65)ccc4c23)cc1.c1ccc(N(c2ccccc2)c2ccc3c(c2)oc2ccc(C4(c5ccccc5)c5ccccc5-c5ccccc54)cc23)cc1.c1ccc(N(c2ccccc2)c2ccc3sc4ccc(C5(c6ccccc6)c6ccccc6-c6ccccc65)cc4c3c2)cc1. The Bertz CT molecular complexity index is 8770. The number of hydrogen-bond donors (Lipinski definition) is 0. The highest BCUT2D eigenvalue weighted by Gasteiger charge is 2.50. The van der Waals surface area contributed by atoms with Crippen molar-refractivity contribution in [2.45, 2.75) is 16.2 Å². The Balaban J connectivity index is 0.000000109. The van der Waals surface area contributed by atoms with Gasteiger partial charge in [0, 0.05) is 87.8 Å². The molecule has 0 saturated carbocycles. The van der Waals surface area contributed by atoms with Gasteiger partial charge >= 0.3 is 0 Å². The zero-order valence-corrected chi connectivity index (χ0v) is 77.9. The third kappa shape index (κ3) is 13.7. The van der Waals surface area contributed by atoms with Crippen LogP contribution in [-0.2, 0) is 16.2 Å². The largest absolute Gasteiger partial charge is 0.456 e. The van der Waals surface area contributed by atoms with Crippen molar-refractivity contribution in [3.8, 4) is 44.5 Å². The van der Waals surface area contributed by atoms with Crippen LogP contribution in [0.1, 0.15) is 66.8 Å². The molecule has 3 aromatic heterocycles. The van der Waals surface area contributed by atoms with E-state index in [4.69, 9.17) is 8.83 Å². The molecule has 0 atom stereocenters. The van der Waals surface area contributed by atoms with Gasteiger partial charge in [0.05, 0.1) is 33.0 Å². The molecule has 28 rings (SSSR count). The minimum absolute atomic E-state index is 0.408. The minimum atomic E-state index is -0.491. The second-order valence-electron chi connectivity index (χ2n) is 36.6. The Morgan fingerprint density at radius 3 is 0.908 bits per heavy atom. The molecular weight excluding hydrogens is 1730 g/mol. The van der Waals surface area contributed by atoms with E-state index in [1.165, 1.54) is 126 Å². The van der Waals surface area contributed by atoms with E-state index in [2.05, 4.69) is 567 Å². The molecular formula is C135H91N3O2S. The lowest BCUT2D eigenvalue weighted by molar-refractivity contribution is 0.665. The van der Waals surface area contributed by atoms with Crippen LogP contribution in [0.4, 0.5) is 51.2 Å². The molecule has 0 radical (unpaired) electrons. The second kappa shape index (κ2) is 35.0. The van der Waals surface area contributed by atoms with Crippen molar-refractivity contribution in [2.75, 3.05) is 14.7 Å². The summed E-state index contributed by atoms with van der Waals surface area (Å²) in [6.45, 7) is 0. The van der Waals surface area contributed by atoms with E-state index in [1.807, 2.05) is 11.3 Å². The second-order valence-corrected chi connectivity index (χ2v) is 37.7. The predicted molar refractivity (Wildman–Crippen MR) is 588 cm³/mol. The molecule has 5 nitrogen and oxygen atoms in total. The summed E-state index contributed by atoms with van der Waals surface area (Å²) < 4.78 is 16.0. The van der Waals surface area contributed by atoms with Gasteiger partial charge in [0.25, 0.3) is 0 Å². The van der Waals surface area contributed by atoms with Gasteiger partial charge < -0.3 is 23.5 Å². The molecule has 0 aliphatic heterocycles. The topological polar surface area (TPSA) is 36.0 Å². The van der Waals surface area contributed by atoms with Gasteiger partial charge in [-0.25, -0.2) is 0 Å². The number of para-hydroxylation sites is 6. The fraction of sp³-hybridized carbons (Fsp3) is 0.0222. The lowest BCUT2D eigenvalue weighted by atomic mass is 9.67. The highest BCUT2D eigenvalue weighted by atomic mass is 32.1. The Labute approximate surface area is 823 Å². The van der Waals surface area contributed by atoms with E-state index in [-0.39, 0.29) is 0 Å². The van der Waals surface area contributed by atoms with Crippen LogP contribution in [0.15, 0.2) is 561 Å². The fourth-order valence-corrected chi connectivity index (χ4v) is 24.4. The molecule has 0 spiro atoms. The van der Waals surface area contributed by atoms with Crippen molar-refractivity contribution in [1.29, 1.82) is 0 Å². The molecule has 6 heteroatoms. The molecule has 141 heavy (non-hydrogen) atoms. The van der Waals surface area contributed by atoms with E-state index in [0.29, 0.717) is 0 Å². The van der Waals surface area contributed by atoms with Crippen molar-refractivity contribution < 1.29 is 8.83 Å². The summed E-state index contributed by atoms with van der Waals surface area (Å²) in [4.78, 5) is 7.00. The number of hydrogen-bond acceptors (Lipinski definition) is 6. The molecule has 22 aromatic carbocycles. The molecule has 3 heterocycles. The molecule has 0 fully saturated rings. The first-order chi connectivity index (χ1) is 70.0. The monoisotopic (exact) mass is 1820 g/mol. The fourth-order valence-electron chi connectivity index (χ4n) is 23.4. The Morgan fingerprint density at radius 2 is 0.468 bits per heavy atom. The van der Waals surface area contributed by atoms with Gasteiger partial charge in [-0.3, -0.25) is 0 Å². The van der Waals surface area contributed by atoms with Crippen LogP contribution >= 0.6 is 11.3 Å². The quantitative estimate of drug-likeness (QED) is 0.0963. The molecule has 0 saturated heterocycles. The average molecular weight is 1820 g/mol. The number of fused-ring (bicyclic) bond motifs is 18. The van der Waals surface area contributed by atoms with Crippen molar-refractivity contribution in [1.82, 2.24) is 0 Å². The van der Waals surface area contributed by atoms with Gasteiger partial charge in [-0.2, -0.15) is 0 Å². The summed E-state index contributed by atoms with van der Waals surface area (Å²) in [5.74, 6) is 0. The number of benzene rings is 22. The van der Waals surface area contributed by atoms with E-state index in [0.717, 1.165) is 101 Å².